The summed E-state index contributed by atoms with van der Waals surface area (Å²) in [6, 6.07) is 25.7. The van der Waals surface area contributed by atoms with Gasteiger partial charge in [-0.15, -0.1) is 10.2 Å². The molecule has 0 aliphatic carbocycles. The van der Waals surface area contributed by atoms with Gasteiger partial charge in [0.05, 0.1) is 6.42 Å². The molecule has 1 aromatic heterocycles. The largest absolute Gasteiger partial charge is 0.418 e. The lowest BCUT2D eigenvalue weighted by Gasteiger charge is -2.16. The number of carbonyl (C=O) groups excluding carboxylic acids is 1. The number of rotatable bonds is 6. The van der Waals surface area contributed by atoms with Crippen molar-refractivity contribution < 1.29 is 9.21 Å². The quantitative estimate of drug-likeness (QED) is 0.500. The van der Waals surface area contributed by atoms with Crippen LogP contribution < -0.4 is 5.32 Å². The van der Waals surface area contributed by atoms with Crippen LogP contribution >= 0.6 is 11.6 Å². The van der Waals surface area contributed by atoms with Crippen LogP contribution in [0.1, 0.15) is 23.1 Å². The van der Waals surface area contributed by atoms with Gasteiger partial charge < -0.3 is 9.73 Å². The van der Waals surface area contributed by atoms with E-state index in [1.165, 1.54) is 0 Å². The van der Waals surface area contributed by atoms with Crippen LogP contribution in [0.15, 0.2) is 89.3 Å². The van der Waals surface area contributed by atoms with Crippen molar-refractivity contribution in [3.8, 4) is 11.5 Å². The van der Waals surface area contributed by atoms with E-state index in [2.05, 4.69) is 15.5 Å². The van der Waals surface area contributed by atoms with Gasteiger partial charge in [-0.2, -0.15) is 0 Å². The molecule has 1 N–H and O–H groups in total. The molecule has 0 bridgehead atoms. The minimum absolute atomic E-state index is 0.143. The Morgan fingerprint density at radius 2 is 1.55 bits per heavy atom. The highest BCUT2D eigenvalue weighted by atomic mass is 35.5. The molecule has 1 heterocycles. The minimum Gasteiger partial charge on any atom is -0.418 e. The van der Waals surface area contributed by atoms with Gasteiger partial charge in [0.15, 0.2) is 0 Å². The predicted molar refractivity (Wildman–Crippen MR) is 111 cm³/mol. The number of hydrogen-bond donors (Lipinski definition) is 1. The standard InChI is InChI=1S/C23H18ClN3O2/c24-19-13-11-17(12-14-19)21(25-20(28)15-16-7-3-1-4-8-16)23-27-26-22(29-23)18-9-5-2-6-10-18/h1-14,21H,15H2,(H,25,28)/t21-/m0/s1. The average molecular weight is 404 g/mol. The molecule has 3 aromatic carbocycles. The summed E-state index contributed by atoms with van der Waals surface area (Å²) in [6.45, 7) is 0. The summed E-state index contributed by atoms with van der Waals surface area (Å²) in [5, 5.41) is 11.9. The number of nitrogens with one attached hydrogen (secondary N) is 1. The van der Waals surface area contributed by atoms with E-state index in [0.29, 0.717) is 16.8 Å². The third kappa shape index (κ3) is 4.70. The lowest BCUT2D eigenvalue weighted by atomic mass is 10.1. The van der Waals surface area contributed by atoms with E-state index in [1.54, 1.807) is 12.1 Å². The normalized spacial score (nSPS) is 11.8. The maximum atomic E-state index is 12.7. The minimum atomic E-state index is -0.576. The van der Waals surface area contributed by atoms with Crippen LogP contribution in [0.3, 0.4) is 0 Å². The van der Waals surface area contributed by atoms with Crippen molar-refractivity contribution in [3.63, 3.8) is 0 Å². The fourth-order valence-corrected chi connectivity index (χ4v) is 3.11. The third-order valence-electron chi connectivity index (χ3n) is 4.42. The summed E-state index contributed by atoms with van der Waals surface area (Å²) in [4.78, 5) is 12.7. The second-order valence-corrected chi connectivity index (χ2v) is 6.96. The monoisotopic (exact) mass is 403 g/mol. The summed E-state index contributed by atoms with van der Waals surface area (Å²) in [7, 11) is 0. The van der Waals surface area contributed by atoms with Gasteiger partial charge in [-0.3, -0.25) is 4.79 Å². The van der Waals surface area contributed by atoms with Gasteiger partial charge in [0, 0.05) is 10.6 Å². The number of halogens is 1. The molecular weight excluding hydrogens is 386 g/mol. The highest BCUT2D eigenvalue weighted by Gasteiger charge is 2.23. The van der Waals surface area contributed by atoms with Crippen LogP contribution in [0.4, 0.5) is 0 Å². The molecule has 0 saturated heterocycles. The van der Waals surface area contributed by atoms with Crippen molar-refractivity contribution in [3.05, 3.63) is 107 Å². The smallest absolute Gasteiger partial charge is 0.247 e. The number of hydrogen-bond acceptors (Lipinski definition) is 4. The van der Waals surface area contributed by atoms with Crippen LogP contribution in [0.2, 0.25) is 5.02 Å². The zero-order valence-corrected chi connectivity index (χ0v) is 16.2. The SMILES string of the molecule is O=C(Cc1ccccc1)N[C@@H](c1ccc(Cl)cc1)c1nnc(-c2ccccc2)o1. The molecule has 0 radical (unpaired) electrons. The van der Waals surface area contributed by atoms with Crippen LogP contribution in [0, 0.1) is 0 Å². The van der Waals surface area contributed by atoms with Gasteiger partial charge in [-0.05, 0) is 35.4 Å². The Labute approximate surface area is 173 Å². The first-order chi connectivity index (χ1) is 14.2. The lowest BCUT2D eigenvalue weighted by Crippen LogP contribution is -2.30. The lowest BCUT2D eigenvalue weighted by molar-refractivity contribution is -0.121. The Morgan fingerprint density at radius 1 is 0.897 bits per heavy atom. The molecule has 4 aromatic rings. The first kappa shape index (κ1) is 18.9. The summed E-state index contributed by atoms with van der Waals surface area (Å²) in [5.41, 5.74) is 2.55. The second kappa shape index (κ2) is 8.71. The molecule has 4 rings (SSSR count). The molecule has 0 aliphatic heterocycles. The van der Waals surface area contributed by atoms with Gasteiger partial charge >= 0.3 is 0 Å². The Hall–Kier alpha value is -3.44. The van der Waals surface area contributed by atoms with E-state index in [0.717, 1.165) is 16.7 Å². The first-order valence-electron chi connectivity index (χ1n) is 9.16. The Morgan fingerprint density at radius 3 is 2.24 bits per heavy atom. The predicted octanol–water partition coefficient (Wildman–Crippen LogP) is 4.84. The molecule has 1 atom stereocenters. The second-order valence-electron chi connectivity index (χ2n) is 6.53. The van der Waals surface area contributed by atoms with Crippen molar-refractivity contribution in [2.75, 3.05) is 0 Å². The number of amides is 1. The summed E-state index contributed by atoms with van der Waals surface area (Å²) >= 11 is 6.02. The molecule has 0 aliphatic rings. The summed E-state index contributed by atoms with van der Waals surface area (Å²) < 4.78 is 5.90. The number of carbonyl (C=O) groups is 1. The molecule has 0 unspecified atom stereocenters. The highest BCUT2D eigenvalue weighted by molar-refractivity contribution is 6.30. The molecule has 0 saturated carbocycles. The average Bonchev–Trinajstić information content (AvgIpc) is 3.24. The zero-order chi connectivity index (χ0) is 20.1. The maximum Gasteiger partial charge on any atom is 0.247 e. The molecule has 0 spiro atoms. The summed E-state index contributed by atoms with van der Waals surface area (Å²) in [5.74, 6) is 0.570. The Balaban J connectivity index is 1.61. The van der Waals surface area contributed by atoms with Crippen molar-refractivity contribution in [2.45, 2.75) is 12.5 Å². The fourth-order valence-electron chi connectivity index (χ4n) is 2.98. The van der Waals surface area contributed by atoms with Gasteiger partial charge in [0.1, 0.15) is 6.04 Å². The fraction of sp³-hybridized carbons (Fsp3) is 0.0870. The maximum absolute atomic E-state index is 12.7. The van der Waals surface area contributed by atoms with Crippen LogP contribution in [0.25, 0.3) is 11.5 Å². The molecule has 5 nitrogen and oxygen atoms in total. The summed E-state index contributed by atoms with van der Waals surface area (Å²) in [6.07, 6.45) is 0.255. The number of aromatic nitrogens is 2. The van der Waals surface area contributed by atoms with Crippen LogP contribution in [-0.4, -0.2) is 16.1 Å². The molecule has 6 heteroatoms. The van der Waals surface area contributed by atoms with E-state index in [-0.39, 0.29) is 12.3 Å². The van der Waals surface area contributed by atoms with Crippen molar-refractivity contribution in [1.82, 2.24) is 15.5 Å². The third-order valence-corrected chi connectivity index (χ3v) is 4.68. The number of benzene rings is 3. The van der Waals surface area contributed by atoms with E-state index in [9.17, 15) is 4.79 Å². The Bertz CT molecular complexity index is 1080. The highest BCUT2D eigenvalue weighted by Crippen LogP contribution is 2.26. The van der Waals surface area contributed by atoms with E-state index >= 15 is 0 Å². The zero-order valence-electron chi connectivity index (χ0n) is 15.5. The van der Waals surface area contributed by atoms with Crippen molar-refractivity contribution in [2.24, 2.45) is 0 Å². The number of nitrogens with zero attached hydrogens (tertiary/aromatic N) is 2. The van der Waals surface area contributed by atoms with E-state index < -0.39 is 6.04 Å². The Kier molecular flexibility index (Phi) is 5.68. The van der Waals surface area contributed by atoms with Crippen LogP contribution in [0.5, 0.6) is 0 Å². The molecule has 29 heavy (non-hydrogen) atoms. The van der Waals surface area contributed by atoms with Crippen molar-refractivity contribution in [1.29, 1.82) is 0 Å². The topological polar surface area (TPSA) is 68.0 Å². The van der Waals surface area contributed by atoms with Crippen LogP contribution in [-0.2, 0) is 11.2 Å². The molecule has 1 amide bonds. The van der Waals surface area contributed by atoms with Gasteiger partial charge in [0.2, 0.25) is 17.7 Å². The van der Waals surface area contributed by atoms with Gasteiger partial charge in [-0.25, -0.2) is 0 Å². The van der Waals surface area contributed by atoms with E-state index in [1.807, 2.05) is 72.8 Å². The molecule has 0 fully saturated rings. The van der Waals surface area contributed by atoms with Gasteiger partial charge in [0.25, 0.3) is 0 Å². The molecule has 144 valence electrons. The molecular formula is C23H18ClN3O2. The van der Waals surface area contributed by atoms with Crippen molar-refractivity contribution >= 4 is 17.5 Å². The van der Waals surface area contributed by atoms with Gasteiger partial charge in [-0.1, -0.05) is 72.3 Å². The first-order valence-corrected chi connectivity index (χ1v) is 9.54. The van der Waals surface area contributed by atoms with E-state index in [4.69, 9.17) is 16.0 Å².